The van der Waals surface area contributed by atoms with E-state index < -0.39 is 11.8 Å². The summed E-state index contributed by atoms with van der Waals surface area (Å²) >= 11 is 5.65. The Morgan fingerprint density at radius 2 is 2.09 bits per heavy atom. The van der Waals surface area contributed by atoms with Crippen molar-refractivity contribution < 1.29 is 13.9 Å². The Labute approximate surface area is 132 Å². The highest BCUT2D eigenvalue weighted by Crippen LogP contribution is 2.17. The summed E-state index contributed by atoms with van der Waals surface area (Å²) in [4.78, 5) is 11.6. The Hall–Kier alpha value is -2.64. The van der Waals surface area contributed by atoms with E-state index >= 15 is 0 Å². The van der Waals surface area contributed by atoms with E-state index in [1.54, 1.807) is 24.3 Å². The summed E-state index contributed by atoms with van der Waals surface area (Å²) in [5, 5.41) is 8.92. The molecule has 0 fully saturated rings. The average Bonchev–Trinajstić information content (AvgIpc) is 2.54. The second-order valence-corrected chi connectivity index (χ2v) is 4.79. The second kappa shape index (κ2) is 7.39. The molecule has 0 spiro atoms. The lowest BCUT2D eigenvalue weighted by atomic mass is 10.1. The molecule has 2 rings (SSSR count). The van der Waals surface area contributed by atoms with Gasteiger partial charge in [-0.15, -0.1) is 0 Å². The fourth-order valence-electron chi connectivity index (χ4n) is 1.73. The standard InChI is InChI=1S/C17H11ClFNO2/c18-15-9-12(5-7-16(15)19)6-8-17(21)22-11-14-4-2-1-3-13(14)10-20/h1-9H,11H2/b8-6+. The molecular formula is C17H11ClFNO2. The lowest BCUT2D eigenvalue weighted by Gasteiger charge is -2.04. The highest BCUT2D eigenvalue weighted by atomic mass is 35.5. The largest absolute Gasteiger partial charge is 0.458 e. The minimum Gasteiger partial charge on any atom is -0.458 e. The number of carbonyl (C=O) groups excluding carboxylic acids is 1. The van der Waals surface area contributed by atoms with Crippen molar-refractivity contribution >= 4 is 23.6 Å². The van der Waals surface area contributed by atoms with E-state index in [4.69, 9.17) is 21.6 Å². The molecule has 0 bridgehead atoms. The third-order valence-electron chi connectivity index (χ3n) is 2.86. The fraction of sp³-hybridized carbons (Fsp3) is 0.0588. The number of benzene rings is 2. The van der Waals surface area contributed by atoms with Gasteiger partial charge in [0.25, 0.3) is 0 Å². The molecule has 110 valence electrons. The number of hydrogen-bond acceptors (Lipinski definition) is 3. The van der Waals surface area contributed by atoms with Gasteiger partial charge in [0.1, 0.15) is 12.4 Å². The molecule has 0 atom stereocenters. The molecule has 0 aliphatic heterocycles. The molecule has 0 unspecified atom stereocenters. The van der Waals surface area contributed by atoms with Crippen LogP contribution in [0.3, 0.4) is 0 Å². The van der Waals surface area contributed by atoms with Gasteiger partial charge in [0.15, 0.2) is 0 Å². The summed E-state index contributed by atoms with van der Waals surface area (Å²) in [5.74, 6) is -1.08. The molecule has 0 saturated carbocycles. The molecular weight excluding hydrogens is 305 g/mol. The van der Waals surface area contributed by atoms with Crippen LogP contribution in [0.25, 0.3) is 6.08 Å². The van der Waals surface area contributed by atoms with E-state index in [0.717, 1.165) is 0 Å². The maximum Gasteiger partial charge on any atom is 0.331 e. The van der Waals surface area contributed by atoms with Gasteiger partial charge in [-0.05, 0) is 29.8 Å². The maximum absolute atomic E-state index is 13.0. The van der Waals surface area contributed by atoms with Crippen LogP contribution in [0.4, 0.5) is 4.39 Å². The predicted molar refractivity (Wildman–Crippen MR) is 81.4 cm³/mol. The lowest BCUT2D eigenvalue weighted by Crippen LogP contribution is -2.02. The normalized spacial score (nSPS) is 10.4. The van der Waals surface area contributed by atoms with Crippen molar-refractivity contribution in [1.82, 2.24) is 0 Å². The van der Waals surface area contributed by atoms with Crippen molar-refractivity contribution in [2.24, 2.45) is 0 Å². The molecule has 0 N–H and O–H groups in total. The third-order valence-corrected chi connectivity index (χ3v) is 3.15. The van der Waals surface area contributed by atoms with Gasteiger partial charge in [-0.3, -0.25) is 0 Å². The molecule has 0 aliphatic rings. The zero-order valence-corrected chi connectivity index (χ0v) is 12.2. The molecule has 3 nitrogen and oxygen atoms in total. The number of carbonyl (C=O) groups is 1. The first-order valence-corrected chi connectivity index (χ1v) is 6.76. The van der Waals surface area contributed by atoms with Gasteiger partial charge < -0.3 is 4.74 Å². The van der Waals surface area contributed by atoms with Crippen molar-refractivity contribution in [3.05, 3.63) is 76.1 Å². The minimum atomic E-state index is -0.562. The van der Waals surface area contributed by atoms with Crippen LogP contribution in [0.15, 0.2) is 48.5 Å². The molecule has 2 aromatic rings. The smallest absolute Gasteiger partial charge is 0.331 e. The van der Waals surface area contributed by atoms with Gasteiger partial charge in [0, 0.05) is 11.6 Å². The highest BCUT2D eigenvalue weighted by molar-refractivity contribution is 6.30. The quantitative estimate of drug-likeness (QED) is 0.630. The van der Waals surface area contributed by atoms with E-state index in [2.05, 4.69) is 0 Å². The zero-order valence-electron chi connectivity index (χ0n) is 11.4. The van der Waals surface area contributed by atoms with E-state index in [-0.39, 0.29) is 11.6 Å². The van der Waals surface area contributed by atoms with Crippen LogP contribution in [-0.2, 0) is 16.1 Å². The summed E-state index contributed by atoms with van der Waals surface area (Å²) in [5.41, 5.74) is 1.68. The number of rotatable bonds is 4. The van der Waals surface area contributed by atoms with Gasteiger partial charge >= 0.3 is 5.97 Å². The fourth-order valence-corrected chi connectivity index (χ4v) is 1.92. The van der Waals surface area contributed by atoms with Crippen molar-refractivity contribution in [3.8, 4) is 6.07 Å². The number of esters is 1. The maximum atomic E-state index is 13.0. The van der Waals surface area contributed by atoms with Crippen LogP contribution in [0.2, 0.25) is 5.02 Å². The Morgan fingerprint density at radius 1 is 1.32 bits per heavy atom. The molecule has 5 heteroatoms. The molecule has 0 heterocycles. The topological polar surface area (TPSA) is 50.1 Å². The monoisotopic (exact) mass is 315 g/mol. The summed E-state index contributed by atoms with van der Waals surface area (Å²) < 4.78 is 18.1. The van der Waals surface area contributed by atoms with Crippen molar-refractivity contribution in [2.75, 3.05) is 0 Å². The van der Waals surface area contributed by atoms with Crippen LogP contribution in [0.5, 0.6) is 0 Å². The molecule has 2 aromatic carbocycles. The molecule has 22 heavy (non-hydrogen) atoms. The molecule has 0 aliphatic carbocycles. The molecule has 0 saturated heterocycles. The SMILES string of the molecule is N#Cc1ccccc1COC(=O)/C=C/c1ccc(F)c(Cl)c1. The predicted octanol–water partition coefficient (Wildman–Crippen LogP) is 4.11. The van der Waals surface area contributed by atoms with Crippen molar-refractivity contribution in [3.63, 3.8) is 0 Å². The van der Waals surface area contributed by atoms with Gasteiger partial charge in [-0.1, -0.05) is 35.9 Å². The number of ether oxygens (including phenoxy) is 1. The van der Waals surface area contributed by atoms with Gasteiger partial charge in [-0.2, -0.15) is 5.26 Å². The number of nitriles is 1. The van der Waals surface area contributed by atoms with E-state index in [0.29, 0.717) is 16.7 Å². The molecule has 0 radical (unpaired) electrons. The second-order valence-electron chi connectivity index (χ2n) is 4.38. The minimum absolute atomic E-state index is 0.0110. The Morgan fingerprint density at radius 3 is 2.82 bits per heavy atom. The summed E-state index contributed by atoms with van der Waals surface area (Å²) in [6.07, 6.45) is 2.70. The van der Waals surface area contributed by atoms with Gasteiger partial charge in [0.2, 0.25) is 0 Å². The first kappa shape index (κ1) is 15.7. The number of hydrogen-bond donors (Lipinski definition) is 0. The van der Waals surface area contributed by atoms with Gasteiger partial charge in [0.05, 0.1) is 16.7 Å². The van der Waals surface area contributed by atoms with Crippen LogP contribution in [0, 0.1) is 17.1 Å². The Bertz CT molecular complexity index is 765. The highest BCUT2D eigenvalue weighted by Gasteiger charge is 2.04. The summed E-state index contributed by atoms with van der Waals surface area (Å²) in [7, 11) is 0. The van der Waals surface area contributed by atoms with Crippen LogP contribution >= 0.6 is 11.6 Å². The Kier molecular flexibility index (Phi) is 5.29. The van der Waals surface area contributed by atoms with E-state index in [1.165, 1.54) is 30.4 Å². The number of nitrogens with zero attached hydrogens (tertiary/aromatic N) is 1. The lowest BCUT2D eigenvalue weighted by molar-refractivity contribution is -0.138. The summed E-state index contributed by atoms with van der Waals surface area (Å²) in [6, 6.07) is 13.0. The van der Waals surface area contributed by atoms with Crippen molar-refractivity contribution in [2.45, 2.75) is 6.61 Å². The first-order chi connectivity index (χ1) is 10.6. The van der Waals surface area contributed by atoms with E-state index in [9.17, 15) is 9.18 Å². The third kappa shape index (κ3) is 4.18. The molecule has 0 aromatic heterocycles. The first-order valence-electron chi connectivity index (χ1n) is 6.38. The zero-order chi connectivity index (χ0) is 15.9. The Balaban J connectivity index is 1.97. The van der Waals surface area contributed by atoms with Crippen LogP contribution in [-0.4, -0.2) is 5.97 Å². The summed E-state index contributed by atoms with van der Waals surface area (Å²) in [6.45, 7) is 0.0110. The van der Waals surface area contributed by atoms with Crippen molar-refractivity contribution in [1.29, 1.82) is 5.26 Å². The number of halogens is 2. The van der Waals surface area contributed by atoms with Crippen LogP contribution < -0.4 is 0 Å². The van der Waals surface area contributed by atoms with E-state index in [1.807, 2.05) is 6.07 Å². The van der Waals surface area contributed by atoms with Gasteiger partial charge in [-0.25, -0.2) is 9.18 Å². The van der Waals surface area contributed by atoms with Crippen LogP contribution in [0.1, 0.15) is 16.7 Å². The average molecular weight is 316 g/mol. The molecule has 0 amide bonds.